The maximum Gasteiger partial charge on any atom is 0.279 e. The van der Waals surface area contributed by atoms with Gasteiger partial charge in [0.05, 0.1) is 6.04 Å². The average molecular weight is 329 g/mol. The van der Waals surface area contributed by atoms with Crippen molar-refractivity contribution in [2.75, 3.05) is 20.9 Å². The molecule has 2 N–H and O–H groups in total. The molecule has 1 aromatic carbocycles. The Hall–Kier alpha value is -1.84. The summed E-state index contributed by atoms with van der Waals surface area (Å²) in [5.41, 5.74) is 0.834. The van der Waals surface area contributed by atoms with E-state index in [4.69, 9.17) is 9.47 Å². The zero-order valence-corrected chi connectivity index (χ0v) is 13.4. The van der Waals surface area contributed by atoms with Crippen molar-refractivity contribution in [3.05, 3.63) is 23.8 Å². The van der Waals surface area contributed by atoms with E-state index in [1.165, 1.54) is 21.0 Å². The van der Waals surface area contributed by atoms with Crippen molar-refractivity contribution in [3.8, 4) is 11.5 Å². The lowest BCUT2D eigenvalue weighted by Crippen LogP contribution is -2.48. The zero-order chi connectivity index (χ0) is 16.3. The number of hydrogen-bond acceptors (Lipinski definition) is 5. The molecule has 122 valence electrons. The lowest BCUT2D eigenvalue weighted by Gasteiger charge is -2.17. The van der Waals surface area contributed by atoms with Crippen LogP contribution in [0.5, 0.6) is 11.5 Å². The van der Waals surface area contributed by atoms with Crippen LogP contribution in [0, 0.1) is 0 Å². The number of nitrogens with one attached hydrogen (secondary N) is 2. The molecule has 0 bridgehead atoms. The third-order valence-corrected chi connectivity index (χ3v) is 4.72. The summed E-state index contributed by atoms with van der Waals surface area (Å²) < 4.78 is 37.0. The quantitative estimate of drug-likeness (QED) is 0.754. The van der Waals surface area contributed by atoms with E-state index in [1.54, 1.807) is 12.1 Å². The van der Waals surface area contributed by atoms with Gasteiger partial charge in [-0.1, -0.05) is 6.07 Å². The van der Waals surface area contributed by atoms with Crippen LogP contribution in [-0.4, -0.2) is 45.6 Å². The minimum Gasteiger partial charge on any atom is -0.454 e. The first-order chi connectivity index (χ1) is 10.3. The Morgan fingerprint density at radius 1 is 1.32 bits per heavy atom. The Morgan fingerprint density at radius 3 is 2.68 bits per heavy atom. The molecule has 0 saturated carbocycles. The van der Waals surface area contributed by atoms with E-state index < -0.39 is 22.2 Å². The number of amides is 1. The molecule has 1 amide bonds. The fourth-order valence-electron chi connectivity index (χ4n) is 1.78. The number of benzene rings is 1. The first-order valence-corrected chi connectivity index (χ1v) is 8.09. The number of carbonyl (C=O) groups excluding carboxylic acids is 1. The smallest absolute Gasteiger partial charge is 0.279 e. The van der Waals surface area contributed by atoms with Crippen LogP contribution in [0.25, 0.3) is 0 Å². The highest BCUT2D eigenvalue weighted by atomic mass is 32.2. The second-order valence-electron chi connectivity index (χ2n) is 5.03. The van der Waals surface area contributed by atoms with E-state index in [-0.39, 0.29) is 13.3 Å². The Morgan fingerprint density at radius 2 is 2.00 bits per heavy atom. The fraction of sp³-hybridized carbons (Fsp3) is 0.462. The summed E-state index contributed by atoms with van der Waals surface area (Å²) in [6.07, 6.45) is 0. The molecule has 0 fully saturated rings. The van der Waals surface area contributed by atoms with E-state index >= 15 is 0 Å². The molecular formula is C13H19N3O5S. The molecular weight excluding hydrogens is 310 g/mol. The van der Waals surface area contributed by atoms with E-state index in [9.17, 15) is 13.2 Å². The molecule has 1 atom stereocenters. The highest BCUT2D eigenvalue weighted by molar-refractivity contribution is 7.87. The van der Waals surface area contributed by atoms with E-state index in [0.29, 0.717) is 11.5 Å². The minimum atomic E-state index is -3.65. The van der Waals surface area contributed by atoms with Gasteiger partial charge < -0.3 is 14.8 Å². The molecule has 1 aliphatic heterocycles. The zero-order valence-electron chi connectivity index (χ0n) is 12.6. The van der Waals surface area contributed by atoms with Crippen LogP contribution in [0.1, 0.15) is 12.5 Å². The Kier molecular flexibility index (Phi) is 4.89. The average Bonchev–Trinajstić information content (AvgIpc) is 2.91. The third-order valence-electron chi connectivity index (χ3n) is 3.10. The third kappa shape index (κ3) is 3.87. The molecule has 0 radical (unpaired) electrons. The summed E-state index contributed by atoms with van der Waals surface area (Å²) in [5.74, 6) is 0.887. The van der Waals surface area contributed by atoms with Crippen molar-refractivity contribution in [1.82, 2.24) is 14.3 Å². The minimum absolute atomic E-state index is 0.189. The van der Waals surface area contributed by atoms with Crippen LogP contribution in [0.3, 0.4) is 0 Å². The van der Waals surface area contributed by atoms with E-state index in [2.05, 4.69) is 10.0 Å². The molecule has 22 heavy (non-hydrogen) atoms. The van der Waals surface area contributed by atoms with Gasteiger partial charge in [0.15, 0.2) is 11.5 Å². The van der Waals surface area contributed by atoms with Gasteiger partial charge in [-0.3, -0.25) is 4.79 Å². The van der Waals surface area contributed by atoms with Gasteiger partial charge in [0.1, 0.15) is 0 Å². The lowest BCUT2D eigenvalue weighted by atomic mass is 10.2. The van der Waals surface area contributed by atoms with Crippen LogP contribution in [0.4, 0.5) is 0 Å². The van der Waals surface area contributed by atoms with Gasteiger partial charge in [-0.05, 0) is 24.6 Å². The standard InChI is InChI=1S/C13H19N3O5S/c1-9(15-22(18,19)16(2)3)13(17)14-7-10-4-5-11-12(6-10)21-8-20-11/h4-6,9,15H,7-8H2,1-3H3,(H,14,17)/t9-/m1/s1. The summed E-state index contributed by atoms with van der Waals surface area (Å²) in [7, 11) is -0.871. The molecule has 1 aliphatic rings. The highest BCUT2D eigenvalue weighted by Crippen LogP contribution is 2.32. The molecule has 0 unspecified atom stereocenters. The molecule has 0 saturated heterocycles. The lowest BCUT2D eigenvalue weighted by molar-refractivity contribution is -0.122. The summed E-state index contributed by atoms with van der Waals surface area (Å²) in [6.45, 7) is 1.94. The topological polar surface area (TPSA) is 97.0 Å². The molecule has 1 aromatic rings. The first kappa shape index (κ1) is 16.5. The largest absolute Gasteiger partial charge is 0.454 e. The van der Waals surface area contributed by atoms with Crippen molar-refractivity contribution in [3.63, 3.8) is 0 Å². The predicted molar refractivity (Wildman–Crippen MR) is 79.6 cm³/mol. The number of rotatable bonds is 6. The van der Waals surface area contributed by atoms with Gasteiger partial charge in [0.25, 0.3) is 10.2 Å². The van der Waals surface area contributed by atoms with Crippen molar-refractivity contribution >= 4 is 16.1 Å². The van der Waals surface area contributed by atoms with Gasteiger partial charge >= 0.3 is 0 Å². The van der Waals surface area contributed by atoms with Crippen LogP contribution in [-0.2, 0) is 21.5 Å². The maximum absolute atomic E-state index is 11.9. The van der Waals surface area contributed by atoms with E-state index in [0.717, 1.165) is 9.87 Å². The van der Waals surface area contributed by atoms with Gasteiger partial charge in [-0.2, -0.15) is 17.4 Å². The van der Waals surface area contributed by atoms with Crippen molar-refractivity contribution in [2.24, 2.45) is 0 Å². The molecule has 2 rings (SSSR count). The number of ether oxygens (including phenoxy) is 2. The van der Waals surface area contributed by atoms with Crippen LogP contribution in [0.2, 0.25) is 0 Å². The Balaban J connectivity index is 1.90. The number of fused-ring (bicyclic) bond motifs is 1. The van der Waals surface area contributed by atoms with Gasteiger partial charge in [-0.15, -0.1) is 0 Å². The fourth-order valence-corrected chi connectivity index (χ4v) is 2.54. The monoisotopic (exact) mass is 329 g/mol. The highest BCUT2D eigenvalue weighted by Gasteiger charge is 2.21. The summed E-state index contributed by atoms with van der Waals surface area (Å²) >= 11 is 0. The van der Waals surface area contributed by atoms with Crippen LogP contribution < -0.4 is 19.5 Å². The second-order valence-corrected chi connectivity index (χ2v) is 6.95. The van der Waals surface area contributed by atoms with Gasteiger partial charge in [0.2, 0.25) is 12.7 Å². The molecule has 0 spiro atoms. The molecule has 9 heteroatoms. The first-order valence-electron chi connectivity index (χ1n) is 6.65. The molecule has 0 aliphatic carbocycles. The Bertz CT molecular complexity index is 660. The predicted octanol–water partition coefficient (Wildman–Crippen LogP) is -0.184. The van der Waals surface area contributed by atoms with Gasteiger partial charge in [0, 0.05) is 20.6 Å². The van der Waals surface area contributed by atoms with Crippen molar-refractivity contribution in [1.29, 1.82) is 0 Å². The molecule has 0 aromatic heterocycles. The number of carbonyl (C=O) groups is 1. The number of hydrogen-bond donors (Lipinski definition) is 2. The van der Waals surface area contributed by atoms with E-state index in [1.807, 2.05) is 6.07 Å². The summed E-state index contributed by atoms with van der Waals surface area (Å²) in [5, 5.41) is 2.67. The van der Waals surface area contributed by atoms with Crippen molar-refractivity contribution < 1.29 is 22.7 Å². The van der Waals surface area contributed by atoms with Crippen LogP contribution in [0.15, 0.2) is 18.2 Å². The summed E-state index contributed by atoms with van der Waals surface area (Å²) in [6, 6.07) is 4.48. The van der Waals surface area contributed by atoms with Crippen molar-refractivity contribution in [2.45, 2.75) is 19.5 Å². The molecule has 8 nitrogen and oxygen atoms in total. The molecule has 1 heterocycles. The van der Waals surface area contributed by atoms with Crippen LogP contribution >= 0.6 is 0 Å². The summed E-state index contributed by atoms with van der Waals surface area (Å²) in [4.78, 5) is 11.9. The number of nitrogens with zero attached hydrogens (tertiary/aromatic N) is 1. The maximum atomic E-state index is 11.9. The second kappa shape index (κ2) is 6.51. The SMILES string of the molecule is C[C@@H](NS(=O)(=O)N(C)C)C(=O)NCc1ccc2c(c1)OCO2. The Labute approximate surface area is 129 Å². The normalized spacial score (nSPS) is 14.9. The van der Waals surface area contributed by atoms with Gasteiger partial charge in [-0.25, -0.2) is 0 Å².